The Morgan fingerprint density at radius 3 is 2.29 bits per heavy atom. The van der Waals surface area contributed by atoms with Crippen molar-refractivity contribution in [1.29, 1.82) is 0 Å². The summed E-state index contributed by atoms with van der Waals surface area (Å²) in [6, 6.07) is -0.208. The second-order valence-corrected chi connectivity index (χ2v) is 5.04. The van der Waals surface area contributed by atoms with Gasteiger partial charge in [0.2, 0.25) is 5.91 Å². The van der Waals surface area contributed by atoms with Gasteiger partial charge in [-0.1, -0.05) is 13.8 Å². The highest BCUT2D eigenvalue weighted by Crippen LogP contribution is 2.16. The minimum Gasteiger partial charge on any atom is -0.394 e. The molecule has 0 aromatic heterocycles. The summed E-state index contributed by atoms with van der Waals surface area (Å²) in [6.07, 6.45) is 3.89. The SMILES string of the molecule is CCC(CC)(CO)NC(C)C(=O)N1CCCC1. The summed E-state index contributed by atoms with van der Waals surface area (Å²) in [5.74, 6) is 0.169. The Balaban J connectivity index is 2.56. The second-order valence-electron chi connectivity index (χ2n) is 5.04. The molecule has 1 aliphatic heterocycles. The van der Waals surface area contributed by atoms with Gasteiger partial charge in [0.15, 0.2) is 0 Å². The van der Waals surface area contributed by atoms with Gasteiger partial charge in [-0.25, -0.2) is 0 Å². The van der Waals surface area contributed by atoms with Crippen molar-refractivity contribution in [2.75, 3.05) is 19.7 Å². The van der Waals surface area contributed by atoms with Crippen LogP contribution in [0, 0.1) is 0 Å². The molecule has 1 saturated heterocycles. The molecule has 0 radical (unpaired) electrons. The average molecular weight is 242 g/mol. The van der Waals surface area contributed by atoms with Crippen molar-refractivity contribution in [3.8, 4) is 0 Å². The molecule has 2 N–H and O–H groups in total. The van der Waals surface area contributed by atoms with Crippen LogP contribution in [-0.2, 0) is 4.79 Å². The van der Waals surface area contributed by atoms with Crippen LogP contribution in [0.3, 0.4) is 0 Å². The standard InChI is InChI=1S/C13H26N2O2/c1-4-13(5-2,10-16)14-11(3)12(17)15-8-6-7-9-15/h11,14,16H,4-10H2,1-3H3. The zero-order chi connectivity index (χ0) is 12.9. The number of nitrogens with one attached hydrogen (secondary N) is 1. The van der Waals surface area contributed by atoms with E-state index in [1.54, 1.807) is 0 Å². The van der Waals surface area contributed by atoms with Crippen molar-refractivity contribution >= 4 is 5.91 Å². The lowest BCUT2D eigenvalue weighted by molar-refractivity contribution is -0.132. The van der Waals surface area contributed by atoms with Gasteiger partial charge in [-0.3, -0.25) is 10.1 Å². The number of rotatable bonds is 6. The van der Waals surface area contributed by atoms with Crippen LogP contribution in [0.4, 0.5) is 0 Å². The fourth-order valence-corrected chi connectivity index (χ4v) is 2.46. The van der Waals surface area contributed by atoms with Gasteiger partial charge < -0.3 is 10.0 Å². The highest BCUT2D eigenvalue weighted by Gasteiger charge is 2.31. The van der Waals surface area contributed by atoms with Crippen LogP contribution < -0.4 is 5.32 Å². The molecule has 1 atom stereocenters. The molecule has 4 heteroatoms. The molecule has 1 amide bonds. The second kappa shape index (κ2) is 6.36. The van der Waals surface area contributed by atoms with Gasteiger partial charge in [-0.05, 0) is 32.6 Å². The number of hydrogen-bond acceptors (Lipinski definition) is 3. The first-order chi connectivity index (χ1) is 8.08. The van der Waals surface area contributed by atoms with E-state index in [9.17, 15) is 9.90 Å². The van der Waals surface area contributed by atoms with Crippen LogP contribution in [0.25, 0.3) is 0 Å². The van der Waals surface area contributed by atoms with Crippen LogP contribution in [0.1, 0.15) is 46.5 Å². The Kier molecular flexibility index (Phi) is 5.40. The molecule has 0 aromatic rings. The first-order valence-electron chi connectivity index (χ1n) is 6.76. The lowest BCUT2D eigenvalue weighted by Crippen LogP contribution is -2.56. The number of nitrogens with zero attached hydrogens (tertiary/aromatic N) is 1. The molecule has 1 aliphatic rings. The summed E-state index contributed by atoms with van der Waals surface area (Å²) >= 11 is 0. The molecule has 0 spiro atoms. The highest BCUT2D eigenvalue weighted by molar-refractivity contribution is 5.81. The lowest BCUT2D eigenvalue weighted by atomic mass is 9.92. The van der Waals surface area contributed by atoms with E-state index in [1.165, 1.54) is 0 Å². The Morgan fingerprint density at radius 1 is 1.35 bits per heavy atom. The maximum Gasteiger partial charge on any atom is 0.239 e. The number of aliphatic hydroxyl groups excluding tert-OH is 1. The van der Waals surface area contributed by atoms with E-state index in [1.807, 2.05) is 25.7 Å². The molecule has 0 bridgehead atoms. The molecule has 0 aliphatic carbocycles. The highest BCUT2D eigenvalue weighted by atomic mass is 16.3. The molecular weight excluding hydrogens is 216 g/mol. The van der Waals surface area contributed by atoms with Gasteiger partial charge in [0.1, 0.15) is 0 Å². The van der Waals surface area contributed by atoms with Crippen molar-refractivity contribution in [1.82, 2.24) is 10.2 Å². The smallest absolute Gasteiger partial charge is 0.239 e. The molecule has 1 rings (SSSR count). The van der Waals surface area contributed by atoms with Crippen molar-refractivity contribution in [3.63, 3.8) is 0 Å². The first-order valence-corrected chi connectivity index (χ1v) is 6.76. The molecule has 17 heavy (non-hydrogen) atoms. The fourth-order valence-electron chi connectivity index (χ4n) is 2.46. The largest absolute Gasteiger partial charge is 0.394 e. The summed E-state index contributed by atoms with van der Waals surface area (Å²) in [7, 11) is 0. The van der Waals surface area contributed by atoms with Gasteiger partial charge in [0.25, 0.3) is 0 Å². The van der Waals surface area contributed by atoms with E-state index in [0.29, 0.717) is 0 Å². The normalized spacial score (nSPS) is 18.5. The Morgan fingerprint density at radius 2 is 1.88 bits per heavy atom. The van der Waals surface area contributed by atoms with Crippen molar-refractivity contribution < 1.29 is 9.90 Å². The maximum atomic E-state index is 12.2. The van der Waals surface area contributed by atoms with E-state index in [0.717, 1.165) is 38.8 Å². The van der Waals surface area contributed by atoms with Crippen molar-refractivity contribution in [2.24, 2.45) is 0 Å². The van der Waals surface area contributed by atoms with E-state index >= 15 is 0 Å². The number of amides is 1. The van der Waals surface area contributed by atoms with Gasteiger partial charge in [0.05, 0.1) is 12.6 Å². The molecule has 4 nitrogen and oxygen atoms in total. The minimum atomic E-state index is -0.311. The summed E-state index contributed by atoms with van der Waals surface area (Å²) in [4.78, 5) is 14.1. The molecular formula is C13H26N2O2. The van der Waals surface area contributed by atoms with E-state index in [4.69, 9.17) is 0 Å². The first kappa shape index (κ1) is 14.5. The van der Waals surface area contributed by atoms with Crippen molar-refractivity contribution in [2.45, 2.75) is 58.0 Å². The zero-order valence-corrected chi connectivity index (χ0v) is 11.3. The number of carbonyl (C=O) groups excluding carboxylic acids is 1. The molecule has 0 saturated carbocycles. The maximum absolute atomic E-state index is 12.2. The third-order valence-corrected chi connectivity index (χ3v) is 3.97. The zero-order valence-electron chi connectivity index (χ0n) is 11.3. The topological polar surface area (TPSA) is 52.6 Å². The molecule has 100 valence electrons. The minimum absolute atomic E-state index is 0.0810. The number of likely N-dealkylation sites (tertiary alicyclic amines) is 1. The van der Waals surface area contributed by atoms with Crippen LogP contribution in [-0.4, -0.2) is 47.2 Å². The van der Waals surface area contributed by atoms with Gasteiger partial charge in [0, 0.05) is 18.6 Å². The number of aliphatic hydroxyl groups is 1. The lowest BCUT2D eigenvalue weighted by Gasteiger charge is -2.35. The monoisotopic (exact) mass is 242 g/mol. The molecule has 1 heterocycles. The summed E-state index contributed by atoms with van der Waals surface area (Å²) in [5, 5.41) is 12.8. The quantitative estimate of drug-likeness (QED) is 0.734. The molecule has 1 unspecified atom stereocenters. The molecule has 1 fully saturated rings. The summed E-state index contributed by atoms with van der Waals surface area (Å²) in [5.41, 5.74) is -0.311. The van der Waals surface area contributed by atoms with Crippen LogP contribution in [0.15, 0.2) is 0 Å². The van der Waals surface area contributed by atoms with Crippen LogP contribution in [0.5, 0.6) is 0 Å². The van der Waals surface area contributed by atoms with Gasteiger partial charge >= 0.3 is 0 Å². The third-order valence-electron chi connectivity index (χ3n) is 3.97. The molecule has 0 aromatic carbocycles. The Bertz CT molecular complexity index is 238. The van der Waals surface area contributed by atoms with Crippen LogP contribution >= 0.6 is 0 Å². The fraction of sp³-hybridized carbons (Fsp3) is 0.923. The predicted octanol–water partition coefficient (Wildman–Crippen LogP) is 1.14. The van der Waals surface area contributed by atoms with E-state index < -0.39 is 0 Å². The predicted molar refractivity (Wildman–Crippen MR) is 68.8 cm³/mol. The number of hydrogen-bond donors (Lipinski definition) is 2. The van der Waals surface area contributed by atoms with Gasteiger partial charge in [-0.2, -0.15) is 0 Å². The van der Waals surface area contributed by atoms with Crippen LogP contribution in [0.2, 0.25) is 0 Å². The van der Waals surface area contributed by atoms with E-state index in [2.05, 4.69) is 5.32 Å². The Hall–Kier alpha value is -0.610. The summed E-state index contributed by atoms with van der Waals surface area (Å²) < 4.78 is 0. The Labute approximate surface area is 104 Å². The number of carbonyl (C=O) groups is 1. The van der Waals surface area contributed by atoms with Gasteiger partial charge in [-0.15, -0.1) is 0 Å². The third kappa shape index (κ3) is 3.42. The van der Waals surface area contributed by atoms with E-state index in [-0.39, 0.29) is 24.1 Å². The van der Waals surface area contributed by atoms with Crippen molar-refractivity contribution in [3.05, 3.63) is 0 Å². The average Bonchev–Trinajstić information content (AvgIpc) is 2.88. The summed E-state index contributed by atoms with van der Waals surface area (Å²) in [6.45, 7) is 7.83.